The van der Waals surface area contributed by atoms with Gasteiger partial charge in [0.15, 0.2) is 0 Å². The molecule has 6 nitrogen and oxygen atoms in total. The fourth-order valence-corrected chi connectivity index (χ4v) is 5.62. The van der Waals surface area contributed by atoms with E-state index in [1.165, 1.54) is 14.8 Å². The van der Waals surface area contributed by atoms with Crippen molar-refractivity contribution < 1.29 is 18.8 Å². The highest BCUT2D eigenvalue weighted by molar-refractivity contribution is 14.2. The normalized spacial score (nSPS) is 24.7. The van der Waals surface area contributed by atoms with Gasteiger partial charge in [-0.1, -0.05) is 31.2 Å². The zero-order valence-corrected chi connectivity index (χ0v) is 21.5. The second-order valence-corrected chi connectivity index (χ2v) is 9.51. The van der Waals surface area contributed by atoms with E-state index in [1.807, 2.05) is 26.0 Å². The van der Waals surface area contributed by atoms with Gasteiger partial charge in [-0.2, -0.15) is 0 Å². The highest BCUT2D eigenvalue weighted by Gasteiger charge is 2.52. The standard InChI is InChI=1S/C22H35IN2O4S/c1-6-28-13-15(3)25-19(21(22(25)27)16(4)29-30-23)10-14(2)18-9-7-8-17(11-18)12-20(26)24-5/h7-9,11,14-16,19,21-22,27H,6,10,12-13H2,1-5H3,(H,24,26)/t14?,15?,16?,19?,21-,22?/m1/s1. The summed E-state index contributed by atoms with van der Waals surface area (Å²) in [6.45, 7) is 9.61. The number of likely N-dealkylation sites (N-methyl/N-ethyl adjacent to an activating group) is 1. The SMILES string of the molecule is CCOCC(C)N1C(O)[C@H](C(C)OSI)C1CC(C)c1cccc(CC(=O)NC)c1. The van der Waals surface area contributed by atoms with Gasteiger partial charge in [-0.3, -0.25) is 9.69 Å². The summed E-state index contributed by atoms with van der Waals surface area (Å²) in [6.07, 6.45) is 0.711. The smallest absolute Gasteiger partial charge is 0.224 e. The van der Waals surface area contributed by atoms with E-state index >= 15 is 0 Å². The number of benzene rings is 1. The Morgan fingerprint density at radius 2 is 2.10 bits per heavy atom. The molecule has 0 radical (unpaired) electrons. The van der Waals surface area contributed by atoms with Crippen LogP contribution in [0, 0.1) is 5.92 Å². The van der Waals surface area contributed by atoms with Crippen LogP contribution in [0.4, 0.5) is 0 Å². The van der Waals surface area contributed by atoms with Gasteiger partial charge in [0.1, 0.15) is 6.23 Å². The quantitative estimate of drug-likeness (QED) is 0.304. The first-order valence-electron chi connectivity index (χ1n) is 10.6. The van der Waals surface area contributed by atoms with E-state index in [0.717, 1.165) is 12.0 Å². The third kappa shape index (κ3) is 6.56. The summed E-state index contributed by atoms with van der Waals surface area (Å²) in [5, 5.41) is 13.6. The van der Waals surface area contributed by atoms with Crippen molar-refractivity contribution in [2.75, 3.05) is 20.3 Å². The Morgan fingerprint density at radius 1 is 1.37 bits per heavy atom. The van der Waals surface area contributed by atoms with Gasteiger partial charge in [-0.15, -0.1) is 0 Å². The van der Waals surface area contributed by atoms with Crippen LogP contribution in [0.3, 0.4) is 0 Å². The van der Waals surface area contributed by atoms with Crippen LogP contribution in [0.15, 0.2) is 24.3 Å². The Hall–Kier alpha value is -0.390. The van der Waals surface area contributed by atoms with E-state index in [2.05, 4.69) is 57.4 Å². The summed E-state index contributed by atoms with van der Waals surface area (Å²) in [6, 6.07) is 8.59. The van der Waals surface area contributed by atoms with Crippen LogP contribution in [0.25, 0.3) is 0 Å². The number of carbonyl (C=O) groups excluding carboxylic acids is 1. The van der Waals surface area contributed by atoms with Gasteiger partial charge in [0, 0.05) is 52.9 Å². The van der Waals surface area contributed by atoms with Gasteiger partial charge < -0.3 is 19.3 Å². The number of aliphatic hydroxyl groups is 1. The Bertz CT molecular complexity index is 680. The van der Waals surface area contributed by atoms with E-state index in [4.69, 9.17) is 8.92 Å². The average molecular weight is 551 g/mol. The summed E-state index contributed by atoms with van der Waals surface area (Å²) in [7, 11) is 2.98. The minimum absolute atomic E-state index is 0.0141. The number of halogens is 1. The topological polar surface area (TPSA) is 71.0 Å². The second kappa shape index (κ2) is 12.6. The molecule has 0 aromatic heterocycles. The van der Waals surface area contributed by atoms with Gasteiger partial charge >= 0.3 is 0 Å². The van der Waals surface area contributed by atoms with Gasteiger partial charge in [0.05, 0.1) is 28.3 Å². The molecule has 1 aliphatic rings. The number of amides is 1. The summed E-state index contributed by atoms with van der Waals surface area (Å²) < 4.78 is 11.4. The lowest BCUT2D eigenvalue weighted by molar-refractivity contribution is -0.223. The van der Waals surface area contributed by atoms with Crippen molar-refractivity contribution in [1.82, 2.24) is 10.2 Å². The summed E-state index contributed by atoms with van der Waals surface area (Å²) in [5.41, 5.74) is 2.23. The number of rotatable bonds is 12. The molecule has 2 N–H and O–H groups in total. The third-order valence-electron chi connectivity index (χ3n) is 6.04. The van der Waals surface area contributed by atoms with E-state index < -0.39 is 6.23 Å². The van der Waals surface area contributed by atoms with Gasteiger partial charge in [-0.25, -0.2) is 0 Å². The molecule has 2 rings (SSSR count). The zero-order chi connectivity index (χ0) is 22.3. The van der Waals surface area contributed by atoms with Crippen molar-refractivity contribution in [3.63, 3.8) is 0 Å². The number of hydrogen-bond donors (Lipinski definition) is 2. The van der Waals surface area contributed by atoms with Crippen molar-refractivity contribution in [2.24, 2.45) is 5.92 Å². The summed E-state index contributed by atoms with van der Waals surface area (Å²) >= 11 is 2.12. The molecule has 1 fully saturated rings. The third-order valence-corrected chi connectivity index (χ3v) is 7.04. The maximum atomic E-state index is 11.7. The van der Waals surface area contributed by atoms with E-state index in [0.29, 0.717) is 19.6 Å². The highest BCUT2D eigenvalue weighted by Crippen LogP contribution is 2.42. The first-order chi connectivity index (χ1) is 14.3. The van der Waals surface area contributed by atoms with Crippen molar-refractivity contribution in [3.8, 4) is 0 Å². The summed E-state index contributed by atoms with van der Waals surface area (Å²) in [4.78, 5) is 13.9. The van der Waals surface area contributed by atoms with Gasteiger partial charge in [-0.05, 0) is 44.2 Å². The number of ether oxygens (including phenoxy) is 1. The van der Waals surface area contributed by atoms with Crippen molar-refractivity contribution >= 4 is 36.3 Å². The number of carbonyl (C=O) groups is 1. The second-order valence-electron chi connectivity index (χ2n) is 8.11. The molecule has 0 aliphatic carbocycles. The van der Waals surface area contributed by atoms with Crippen LogP contribution in [0.5, 0.6) is 0 Å². The van der Waals surface area contributed by atoms with E-state index in [9.17, 15) is 9.90 Å². The average Bonchev–Trinajstić information content (AvgIpc) is 2.72. The first-order valence-corrected chi connectivity index (χ1v) is 13.9. The molecule has 1 aromatic carbocycles. The lowest BCUT2D eigenvalue weighted by Gasteiger charge is -2.57. The van der Waals surface area contributed by atoms with E-state index in [1.54, 1.807) is 7.05 Å². The van der Waals surface area contributed by atoms with Crippen LogP contribution in [-0.4, -0.2) is 60.6 Å². The van der Waals surface area contributed by atoms with Crippen LogP contribution >= 0.6 is 30.4 Å². The van der Waals surface area contributed by atoms with Crippen LogP contribution in [0.1, 0.15) is 51.2 Å². The fourth-order valence-electron chi connectivity index (χ4n) is 4.39. The number of aliphatic hydroxyl groups excluding tert-OH is 1. The van der Waals surface area contributed by atoms with E-state index in [-0.39, 0.29) is 35.9 Å². The maximum Gasteiger partial charge on any atom is 0.224 e. The molecule has 30 heavy (non-hydrogen) atoms. The van der Waals surface area contributed by atoms with Gasteiger partial charge in [0.2, 0.25) is 5.91 Å². The minimum atomic E-state index is -0.532. The molecule has 1 aromatic rings. The van der Waals surface area contributed by atoms with Crippen LogP contribution < -0.4 is 5.32 Å². The number of nitrogens with zero attached hydrogens (tertiary/aromatic N) is 1. The van der Waals surface area contributed by atoms with Crippen molar-refractivity contribution in [2.45, 2.75) is 70.9 Å². The number of likely N-dealkylation sites (tertiary alicyclic amines) is 1. The molecule has 1 amide bonds. The Morgan fingerprint density at radius 3 is 2.73 bits per heavy atom. The Labute approximate surface area is 197 Å². The Balaban J connectivity index is 2.15. The summed E-state index contributed by atoms with van der Waals surface area (Å²) in [5.74, 6) is 0.351. The van der Waals surface area contributed by atoms with Crippen LogP contribution in [0.2, 0.25) is 0 Å². The predicted octanol–water partition coefficient (Wildman–Crippen LogP) is 3.92. The van der Waals surface area contributed by atoms with Crippen LogP contribution in [-0.2, 0) is 20.1 Å². The molecule has 6 atom stereocenters. The molecular weight excluding hydrogens is 515 g/mol. The maximum absolute atomic E-state index is 11.7. The molecule has 1 saturated heterocycles. The molecule has 1 aliphatic heterocycles. The molecule has 0 spiro atoms. The molecule has 1 heterocycles. The molecule has 0 saturated carbocycles. The Kier molecular flexibility index (Phi) is 10.9. The fraction of sp³-hybridized carbons (Fsp3) is 0.682. The zero-order valence-electron chi connectivity index (χ0n) is 18.5. The predicted molar refractivity (Wildman–Crippen MR) is 130 cm³/mol. The van der Waals surface area contributed by atoms with Crippen molar-refractivity contribution in [3.05, 3.63) is 35.4 Å². The van der Waals surface area contributed by atoms with Crippen molar-refractivity contribution in [1.29, 1.82) is 0 Å². The lowest BCUT2D eigenvalue weighted by atomic mass is 9.75. The number of nitrogens with one attached hydrogen (secondary N) is 1. The first kappa shape index (κ1) is 25.9. The molecule has 0 bridgehead atoms. The lowest BCUT2D eigenvalue weighted by Crippen LogP contribution is -2.70. The van der Waals surface area contributed by atoms with Gasteiger partial charge in [0.25, 0.3) is 0 Å². The monoisotopic (exact) mass is 550 g/mol. The molecule has 5 unspecified atom stereocenters. The minimum Gasteiger partial charge on any atom is -0.380 e. The largest absolute Gasteiger partial charge is 0.380 e. The molecular formula is C22H35IN2O4S. The molecule has 170 valence electrons. The highest BCUT2D eigenvalue weighted by atomic mass is 127. The molecule has 8 heteroatoms. The number of hydrogen-bond acceptors (Lipinski definition) is 6.